The summed E-state index contributed by atoms with van der Waals surface area (Å²) in [6.07, 6.45) is -3.19. The van der Waals surface area contributed by atoms with Crippen LogP contribution in [-0.4, -0.2) is 89.1 Å². The molecule has 7 N–H and O–H groups in total. The lowest BCUT2D eigenvalue weighted by molar-refractivity contribution is -0.0900. The van der Waals surface area contributed by atoms with Crippen molar-refractivity contribution in [3.05, 3.63) is 0 Å². The van der Waals surface area contributed by atoms with Gasteiger partial charge in [-0.3, -0.25) is 0 Å². The van der Waals surface area contributed by atoms with E-state index in [-0.39, 0.29) is 0 Å². The van der Waals surface area contributed by atoms with Gasteiger partial charge in [0.25, 0.3) is 0 Å². The summed E-state index contributed by atoms with van der Waals surface area (Å²) >= 11 is 0. The molecule has 106 valence electrons. The Kier molecular flexibility index (Phi) is 13.7. The molecule has 7 heteroatoms. The van der Waals surface area contributed by atoms with Crippen molar-refractivity contribution in [2.45, 2.75) is 24.7 Å². The average molecular weight is 254 g/mol. The number of hydrogen-bond acceptors (Lipinski definition) is 7. The highest BCUT2D eigenvalue weighted by Crippen LogP contribution is 1.97. The van der Waals surface area contributed by atoms with Crippen molar-refractivity contribution in [3.63, 3.8) is 0 Å². The first kappa shape index (κ1) is 19.1. The van der Waals surface area contributed by atoms with Gasteiger partial charge in [-0.2, -0.15) is 0 Å². The molecule has 0 aliphatic carbocycles. The lowest BCUT2D eigenvalue weighted by Gasteiger charge is -2.19. The Morgan fingerprint density at radius 3 is 1.59 bits per heavy atom. The van der Waals surface area contributed by atoms with Gasteiger partial charge in [0.1, 0.15) is 18.3 Å². The minimum Gasteiger partial charge on any atom is -0.394 e. The maximum atomic E-state index is 8.77. The smallest absolute Gasteiger partial charge is 0.110 e. The molecule has 0 fully saturated rings. The molecule has 0 amide bonds. The van der Waals surface area contributed by atoms with E-state index in [1.807, 2.05) is 0 Å². The lowest BCUT2D eigenvalue weighted by Crippen LogP contribution is -2.41. The third kappa shape index (κ3) is 12.0. The van der Waals surface area contributed by atoms with Crippen molar-refractivity contribution in [1.82, 2.24) is 4.90 Å². The zero-order chi connectivity index (χ0) is 13.8. The predicted molar refractivity (Wildman–Crippen MR) is 64.4 cm³/mol. The van der Waals surface area contributed by atoms with Gasteiger partial charge in [0.2, 0.25) is 0 Å². The SMILES string of the molecule is CN(C)CCCN.OCC(O)C(O)C(O)CO. The summed E-state index contributed by atoms with van der Waals surface area (Å²) in [4.78, 5) is 2.13. The Balaban J connectivity index is 0. The summed E-state index contributed by atoms with van der Waals surface area (Å²) in [6, 6.07) is 0. The number of rotatable bonds is 7. The first-order valence-electron chi connectivity index (χ1n) is 5.51. The van der Waals surface area contributed by atoms with E-state index in [9.17, 15) is 0 Å². The summed E-state index contributed by atoms with van der Waals surface area (Å²) in [7, 11) is 4.10. The van der Waals surface area contributed by atoms with Crippen molar-refractivity contribution in [2.75, 3.05) is 40.4 Å². The summed E-state index contributed by atoms with van der Waals surface area (Å²) in [5.41, 5.74) is 5.25. The average Bonchev–Trinajstić information content (AvgIpc) is 2.33. The van der Waals surface area contributed by atoms with Crippen molar-refractivity contribution in [2.24, 2.45) is 5.73 Å². The van der Waals surface area contributed by atoms with Gasteiger partial charge in [0.05, 0.1) is 13.2 Å². The van der Waals surface area contributed by atoms with Crippen LogP contribution < -0.4 is 5.73 Å². The van der Waals surface area contributed by atoms with Gasteiger partial charge >= 0.3 is 0 Å². The second-order valence-electron chi connectivity index (χ2n) is 3.94. The van der Waals surface area contributed by atoms with Crippen molar-refractivity contribution in [3.8, 4) is 0 Å². The second-order valence-corrected chi connectivity index (χ2v) is 3.94. The number of aliphatic hydroxyl groups is 5. The number of aliphatic hydroxyl groups excluding tert-OH is 5. The fraction of sp³-hybridized carbons (Fsp3) is 1.00. The van der Waals surface area contributed by atoms with Crippen LogP contribution in [0.2, 0.25) is 0 Å². The van der Waals surface area contributed by atoms with E-state index in [2.05, 4.69) is 19.0 Å². The lowest BCUT2D eigenvalue weighted by atomic mass is 10.1. The van der Waals surface area contributed by atoms with Crippen molar-refractivity contribution < 1.29 is 25.5 Å². The molecule has 7 nitrogen and oxygen atoms in total. The van der Waals surface area contributed by atoms with Gasteiger partial charge in [0.15, 0.2) is 0 Å². The monoisotopic (exact) mass is 254 g/mol. The van der Waals surface area contributed by atoms with E-state index in [0.29, 0.717) is 0 Å². The molecule has 0 aromatic heterocycles. The molecular weight excluding hydrogens is 228 g/mol. The normalized spacial score (nSPS) is 16.1. The predicted octanol–water partition coefficient (Wildman–Crippen LogP) is -3.05. The van der Waals surface area contributed by atoms with Gasteiger partial charge < -0.3 is 36.2 Å². The minimum absolute atomic E-state index is 0.641. The number of hydrogen-bond donors (Lipinski definition) is 6. The fourth-order valence-corrected chi connectivity index (χ4v) is 0.880. The Hall–Kier alpha value is -0.280. The Morgan fingerprint density at radius 2 is 1.41 bits per heavy atom. The first-order chi connectivity index (χ1) is 7.90. The Bertz CT molecular complexity index is 150. The fourth-order valence-electron chi connectivity index (χ4n) is 0.880. The van der Waals surface area contributed by atoms with Crippen LogP contribution in [0.15, 0.2) is 0 Å². The maximum Gasteiger partial charge on any atom is 0.110 e. The van der Waals surface area contributed by atoms with Crippen LogP contribution in [0.3, 0.4) is 0 Å². The van der Waals surface area contributed by atoms with Crippen LogP contribution in [0.25, 0.3) is 0 Å². The molecule has 0 aromatic carbocycles. The maximum absolute atomic E-state index is 8.77. The molecule has 2 unspecified atom stereocenters. The highest BCUT2D eigenvalue weighted by molar-refractivity contribution is 4.73. The van der Waals surface area contributed by atoms with E-state index >= 15 is 0 Å². The first-order valence-corrected chi connectivity index (χ1v) is 5.51. The van der Waals surface area contributed by atoms with Gasteiger partial charge in [-0.15, -0.1) is 0 Å². The summed E-state index contributed by atoms with van der Waals surface area (Å²) in [5.74, 6) is 0. The van der Waals surface area contributed by atoms with Crippen molar-refractivity contribution in [1.29, 1.82) is 0 Å². The molecule has 2 atom stereocenters. The Labute approximate surface area is 102 Å². The molecule has 0 aliphatic rings. The third-order valence-electron chi connectivity index (χ3n) is 1.97. The quantitative estimate of drug-likeness (QED) is 0.284. The third-order valence-corrected chi connectivity index (χ3v) is 1.97. The van der Waals surface area contributed by atoms with Crippen LogP contribution in [0, 0.1) is 0 Å². The molecule has 17 heavy (non-hydrogen) atoms. The number of nitrogens with two attached hydrogens (primary N) is 1. The molecule has 0 saturated carbocycles. The molecule has 0 heterocycles. The van der Waals surface area contributed by atoms with Crippen LogP contribution in [0.5, 0.6) is 0 Å². The van der Waals surface area contributed by atoms with Gasteiger partial charge in [-0.05, 0) is 33.6 Å². The van der Waals surface area contributed by atoms with E-state index in [4.69, 9.17) is 31.3 Å². The van der Waals surface area contributed by atoms with Crippen LogP contribution >= 0.6 is 0 Å². The van der Waals surface area contributed by atoms with E-state index in [1.165, 1.54) is 0 Å². The highest BCUT2D eigenvalue weighted by atomic mass is 16.4. The van der Waals surface area contributed by atoms with E-state index in [1.54, 1.807) is 0 Å². The zero-order valence-electron chi connectivity index (χ0n) is 10.5. The summed E-state index contributed by atoms with van der Waals surface area (Å²) < 4.78 is 0. The van der Waals surface area contributed by atoms with Crippen LogP contribution in [0.4, 0.5) is 0 Å². The molecule has 0 radical (unpaired) electrons. The molecule has 0 bridgehead atoms. The number of nitrogens with zero attached hydrogens (tertiary/aromatic N) is 1. The molecule has 0 aromatic rings. The molecule has 0 aliphatic heterocycles. The molecule has 0 spiro atoms. The largest absolute Gasteiger partial charge is 0.394 e. The van der Waals surface area contributed by atoms with Gasteiger partial charge in [-0.1, -0.05) is 0 Å². The van der Waals surface area contributed by atoms with Crippen LogP contribution in [-0.2, 0) is 0 Å². The van der Waals surface area contributed by atoms with Crippen LogP contribution in [0.1, 0.15) is 6.42 Å². The second kappa shape index (κ2) is 12.2. The van der Waals surface area contributed by atoms with E-state index < -0.39 is 31.5 Å². The van der Waals surface area contributed by atoms with Gasteiger partial charge in [-0.25, -0.2) is 0 Å². The molecular formula is C10H26N2O5. The molecule has 0 rings (SSSR count). The van der Waals surface area contributed by atoms with E-state index in [0.717, 1.165) is 19.5 Å². The zero-order valence-corrected chi connectivity index (χ0v) is 10.5. The van der Waals surface area contributed by atoms with Crippen molar-refractivity contribution >= 4 is 0 Å². The Morgan fingerprint density at radius 1 is 1.00 bits per heavy atom. The minimum atomic E-state index is -1.49. The molecule has 0 saturated heterocycles. The topological polar surface area (TPSA) is 130 Å². The standard InChI is InChI=1S/C5H14N2.C5H12O5/c1-7(2)5-3-4-6;6-1-3(8)5(10)4(9)2-7/h3-6H2,1-2H3;3-10H,1-2H2. The highest BCUT2D eigenvalue weighted by Gasteiger charge is 2.22. The van der Waals surface area contributed by atoms with Gasteiger partial charge in [0, 0.05) is 0 Å². The summed E-state index contributed by atoms with van der Waals surface area (Å²) in [5, 5.41) is 42.6. The summed E-state index contributed by atoms with van der Waals surface area (Å²) in [6.45, 7) is 0.630.